The third kappa shape index (κ3) is 6.89. The number of nitrogens with one attached hydrogen (secondary N) is 1. The zero-order valence-electron chi connectivity index (χ0n) is 23.4. The first-order chi connectivity index (χ1) is 19.4. The van der Waals surface area contributed by atoms with Gasteiger partial charge in [0.1, 0.15) is 17.3 Å². The van der Waals surface area contributed by atoms with E-state index >= 15 is 0 Å². The van der Waals surface area contributed by atoms with Crippen LogP contribution in [0.3, 0.4) is 0 Å². The van der Waals surface area contributed by atoms with E-state index in [1.165, 1.54) is 0 Å². The van der Waals surface area contributed by atoms with Gasteiger partial charge in [0, 0.05) is 49.5 Å². The van der Waals surface area contributed by atoms with Crippen molar-refractivity contribution < 1.29 is 19.4 Å². The molecule has 0 bridgehead atoms. The predicted octanol–water partition coefficient (Wildman–Crippen LogP) is 5.18. The zero-order valence-corrected chi connectivity index (χ0v) is 23.4. The van der Waals surface area contributed by atoms with Crippen molar-refractivity contribution in [1.82, 2.24) is 14.9 Å². The fourth-order valence-corrected chi connectivity index (χ4v) is 4.82. The van der Waals surface area contributed by atoms with Crippen molar-refractivity contribution in [2.45, 2.75) is 45.3 Å². The number of primary amides is 1. The number of unbranched alkanes of at least 4 members (excludes halogenated alkanes) is 1. The summed E-state index contributed by atoms with van der Waals surface area (Å²) in [7, 11) is 3.35. The van der Waals surface area contributed by atoms with Gasteiger partial charge in [-0.1, -0.05) is 49.7 Å². The number of phenols is 1. The number of rotatable bonds is 14. The first kappa shape index (κ1) is 28.9. The third-order valence-corrected chi connectivity index (χ3v) is 6.93. The Bertz CT molecular complexity index is 1400. The normalized spacial score (nSPS) is 11.9. The summed E-state index contributed by atoms with van der Waals surface area (Å²) in [5.74, 6) is 0.957. The van der Waals surface area contributed by atoms with Gasteiger partial charge in [0.15, 0.2) is 0 Å². The maximum Gasteiger partial charge on any atom is 0.252 e. The molecule has 3 aromatic carbocycles. The lowest BCUT2D eigenvalue weighted by molar-refractivity contribution is 0.0997. The Hall–Kier alpha value is -4.14. The number of imidazole rings is 1. The minimum absolute atomic E-state index is 0.0411. The topological polar surface area (TPSA) is 112 Å². The van der Waals surface area contributed by atoms with Crippen LogP contribution in [0.1, 0.15) is 41.4 Å². The van der Waals surface area contributed by atoms with Gasteiger partial charge in [0.05, 0.1) is 25.0 Å². The first-order valence-corrected chi connectivity index (χ1v) is 13.6. The summed E-state index contributed by atoms with van der Waals surface area (Å²) in [4.78, 5) is 16.7. The highest BCUT2D eigenvalue weighted by Crippen LogP contribution is 2.32. The number of nitrogens with zero attached hydrogens (tertiary/aromatic N) is 2. The molecule has 1 amide bonds. The van der Waals surface area contributed by atoms with Crippen LogP contribution >= 0.6 is 0 Å². The highest BCUT2D eigenvalue weighted by molar-refractivity contribution is 5.95. The Morgan fingerprint density at radius 1 is 1.05 bits per heavy atom. The predicted molar refractivity (Wildman–Crippen MR) is 157 cm³/mol. The fourth-order valence-electron chi connectivity index (χ4n) is 4.82. The number of carbonyl (C=O) groups excluding carboxylic acids is 1. The molecule has 0 saturated heterocycles. The summed E-state index contributed by atoms with van der Waals surface area (Å²) in [6.45, 7) is 4.00. The van der Waals surface area contributed by atoms with Gasteiger partial charge < -0.3 is 30.2 Å². The Morgan fingerprint density at radius 3 is 2.42 bits per heavy atom. The van der Waals surface area contributed by atoms with Crippen LogP contribution in [0.5, 0.6) is 11.5 Å². The van der Waals surface area contributed by atoms with Crippen molar-refractivity contribution in [2.24, 2.45) is 5.73 Å². The van der Waals surface area contributed by atoms with Crippen LogP contribution in [-0.4, -0.2) is 47.4 Å². The molecule has 0 aliphatic heterocycles. The van der Waals surface area contributed by atoms with Gasteiger partial charge in [-0.2, -0.15) is 0 Å². The second-order valence-electron chi connectivity index (χ2n) is 9.78. The van der Waals surface area contributed by atoms with Crippen molar-refractivity contribution >= 4 is 5.91 Å². The van der Waals surface area contributed by atoms with E-state index in [-0.39, 0.29) is 17.4 Å². The van der Waals surface area contributed by atoms with E-state index in [0.29, 0.717) is 19.6 Å². The monoisotopic (exact) mass is 542 g/mol. The van der Waals surface area contributed by atoms with Gasteiger partial charge in [0.2, 0.25) is 0 Å². The molecule has 40 heavy (non-hydrogen) atoms. The molecule has 1 atom stereocenters. The van der Waals surface area contributed by atoms with Gasteiger partial charge in [-0.3, -0.25) is 4.79 Å². The number of ether oxygens (including phenoxy) is 2. The number of benzene rings is 3. The summed E-state index contributed by atoms with van der Waals surface area (Å²) in [5, 5.41) is 13.8. The van der Waals surface area contributed by atoms with E-state index in [9.17, 15) is 9.90 Å². The number of carbonyl (C=O) groups is 1. The Kier molecular flexibility index (Phi) is 9.94. The average Bonchev–Trinajstić information content (AvgIpc) is 3.33. The first-order valence-electron chi connectivity index (χ1n) is 13.6. The van der Waals surface area contributed by atoms with Crippen molar-refractivity contribution in [1.29, 1.82) is 0 Å². The van der Waals surface area contributed by atoms with Crippen LogP contribution < -0.4 is 15.8 Å². The van der Waals surface area contributed by atoms with Crippen LogP contribution in [0.25, 0.3) is 22.6 Å². The SMILES string of the molecule is CCCCn1c(-c2ccccc2)nc(-c2ccc(OC)cc2)c1CC(COC)NCc1ccc(C(N)=O)c(O)c1. The van der Waals surface area contributed by atoms with Crippen molar-refractivity contribution in [3.63, 3.8) is 0 Å². The van der Waals surface area contributed by atoms with E-state index in [1.807, 2.05) is 42.5 Å². The lowest BCUT2D eigenvalue weighted by atomic mass is 10.0. The molecule has 0 aliphatic rings. The van der Waals surface area contributed by atoms with Crippen LogP contribution in [0, 0.1) is 0 Å². The molecule has 1 heterocycles. The van der Waals surface area contributed by atoms with Crippen LogP contribution in [0.2, 0.25) is 0 Å². The van der Waals surface area contributed by atoms with Crippen molar-refractivity contribution in [3.05, 3.63) is 89.6 Å². The molecule has 1 unspecified atom stereocenters. The van der Waals surface area contributed by atoms with Gasteiger partial charge >= 0.3 is 0 Å². The maximum absolute atomic E-state index is 11.5. The van der Waals surface area contributed by atoms with Crippen molar-refractivity contribution in [3.8, 4) is 34.1 Å². The Labute approximate surface area is 235 Å². The number of amides is 1. The molecule has 0 aliphatic carbocycles. The van der Waals surface area contributed by atoms with Crippen LogP contribution in [-0.2, 0) is 24.2 Å². The number of aromatic hydroxyl groups is 1. The van der Waals surface area contributed by atoms with E-state index in [4.69, 9.17) is 20.2 Å². The Morgan fingerprint density at radius 2 is 1.80 bits per heavy atom. The molecule has 8 heteroatoms. The largest absolute Gasteiger partial charge is 0.507 e. The average molecular weight is 543 g/mol. The molecular formula is C32H38N4O4. The summed E-state index contributed by atoms with van der Waals surface area (Å²) in [6, 6.07) is 23.2. The molecule has 0 saturated carbocycles. The quantitative estimate of drug-likeness (QED) is 0.203. The smallest absolute Gasteiger partial charge is 0.252 e. The number of methoxy groups -OCH3 is 2. The molecule has 8 nitrogen and oxygen atoms in total. The summed E-state index contributed by atoms with van der Waals surface area (Å²) in [6.07, 6.45) is 2.76. The lowest BCUT2D eigenvalue weighted by Gasteiger charge is -2.21. The van der Waals surface area contributed by atoms with Crippen molar-refractivity contribution in [2.75, 3.05) is 20.8 Å². The molecule has 4 aromatic rings. The standard InChI is InChI=1S/C32H38N4O4/c1-4-5-17-36-28(19-25(21-39-2)34-20-22-11-16-27(31(33)38)29(37)18-22)30(23-12-14-26(40-3)15-13-23)35-32(36)24-9-7-6-8-10-24/h6-16,18,25,34,37H,4-5,17,19-21H2,1-3H3,(H2,33,38). The van der Waals surface area contributed by atoms with E-state index < -0.39 is 5.91 Å². The van der Waals surface area contributed by atoms with E-state index in [2.05, 4.69) is 28.9 Å². The van der Waals surface area contributed by atoms with Gasteiger partial charge in [-0.05, 0) is 48.4 Å². The lowest BCUT2D eigenvalue weighted by Crippen LogP contribution is -2.35. The van der Waals surface area contributed by atoms with Gasteiger partial charge in [-0.15, -0.1) is 0 Å². The molecule has 4 rings (SSSR count). The Balaban J connectivity index is 1.71. The molecular weight excluding hydrogens is 504 g/mol. The second kappa shape index (κ2) is 13.8. The molecule has 4 N–H and O–H groups in total. The highest BCUT2D eigenvalue weighted by atomic mass is 16.5. The number of hydrogen-bond acceptors (Lipinski definition) is 6. The van der Waals surface area contributed by atoms with Crippen LogP contribution in [0.4, 0.5) is 0 Å². The number of nitrogens with two attached hydrogens (primary N) is 1. The molecule has 0 radical (unpaired) electrons. The molecule has 0 fully saturated rings. The highest BCUT2D eigenvalue weighted by Gasteiger charge is 2.23. The summed E-state index contributed by atoms with van der Waals surface area (Å²) < 4.78 is 13.3. The number of hydrogen-bond donors (Lipinski definition) is 3. The van der Waals surface area contributed by atoms with E-state index in [0.717, 1.165) is 59.0 Å². The summed E-state index contributed by atoms with van der Waals surface area (Å²) >= 11 is 0. The number of aromatic nitrogens is 2. The van der Waals surface area contributed by atoms with Gasteiger partial charge in [0.25, 0.3) is 5.91 Å². The molecule has 1 aromatic heterocycles. The van der Waals surface area contributed by atoms with Gasteiger partial charge in [-0.25, -0.2) is 4.98 Å². The van der Waals surface area contributed by atoms with Crippen LogP contribution in [0.15, 0.2) is 72.8 Å². The summed E-state index contributed by atoms with van der Waals surface area (Å²) in [5.41, 5.74) is 10.4. The minimum Gasteiger partial charge on any atom is -0.507 e. The third-order valence-electron chi connectivity index (χ3n) is 6.93. The maximum atomic E-state index is 11.5. The molecule has 0 spiro atoms. The second-order valence-corrected chi connectivity index (χ2v) is 9.78. The zero-order chi connectivity index (χ0) is 28.5. The minimum atomic E-state index is -0.658. The molecule has 210 valence electrons. The van der Waals surface area contributed by atoms with E-state index in [1.54, 1.807) is 32.4 Å². The fraction of sp³-hybridized carbons (Fsp3) is 0.312.